The lowest BCUT2D eigenvalue weighted by Gasteiger charge is -2.11. The zero-order valence-corrected chi connectivity index (χ0v) is 18.9. The van der Waals surface area contributed by atoms with Crippen molar-refractivity contribution < 1.29 is 19.0 Å². The van der Waals surface area contributed by atoms with Crippen LogP contribution in [0.3, 0.4) is 0 Å². The van der Waals surface area contributed by atoms with Gasteiger partial charge >= 0.3 is 0 Å². The molecule has 3 rings (SSSR count). The summed E-state index contributed by atoms with van der Waals surface area (Å²) in [6.07, 6.45) is 1.15. The minimum atomic E-state index is -2.63. The van der Waals surface area contributed by atoms with Gasteiger partial charge in [-0.25, -0.2) is 0 Å². The predicted octanol–water partition coefficient (Wildman–Crippen LogP) is 5.46. The molecule has 3 aromatic rings. The number of ketones is 1. The SMILES string of the molecule is CCC(CCC(=O)c1ccc(C(=O)Nc2cc(-c3cccs3)ccc2N)cc1)[PH](=O)O. The molecule has 0 saturated carbocycles. The molecule has 0 aliphatic rings. The Hall–Kier alpha value is -2.73. The summed E-state index contributed by atoms with van der Waals surface area (Å²) >= 11 is 1.60. The summed E-state index contributed by atoms with van der Waals surface area (Å²) in [6, 6.07) is 15.9. The highest BCUT2D eigenvalue weighted by Gasteiger charge is 2.16. The summed E-state index contributed by atoms with van der Waals surface area (Å²) < 4.78 is 11.3. The summed E-state index contributed by atoms with van der Waals surface area (Å²) in [4.78, 5) is 35.4. The summed E-state index contributed by atoms with van der Waals surface area (Å²) in [7, 11) is -2.63. The predicted molar refractivity (Wildman–Crippen MR) is 127 cm³/mol. The van der Waals surface area contributed by atoms with Gasteiger partial charge in [0.2, 0.25) is 0 Å². The second kappa shape index (κ2) is 10.5. The molecule has 0 fully saturated rings. The monoisotopic (exact) mass is 456 g/mol. The van der Waals surface area contributed by atoms with Crippen LogP contribution in [0.5, 0.6) is 0 Å². The zero-order chi connectivity index (χ0) is 22.4. The van der Waals surface area contributed by atoms with E-state index < -0.39 is 8.03 Å². The molecule has 0 spiro atoms. The Morgan fingerprint density at radius 1 is 1.13 bits per heavy atom. The molecular weight excluding hydrogens is 431 g/mol. The maximum absolute atomic E-state index is 12.7. The molecule has 0 radical (unpaired) electrons. The van der Waals surface area contributed by atoms with Crippen LogP contribution in [0.15, 0.2) is 60.0 Å². The summed E-state index contributed by atoms with van der Waals surface area (Å²) in [6.45, 7) is 1.84. The molecule has 1 amide bonds. The van der Waals surface area contributed by atoms with E-state index in [0.717, 1.165) is 10.4 Å². The number of nitrogens with two attached hydrogens (primary N) is 1. The molecular formula is C23H25N2O4PS. The third-order valence-corrected chi connectivity index (χ3v) is 7.45. The molecule has 2 unspecified atom stereocenters. The minimum absolute atomic E-state index is 0.110. The lowest BCUT2D eigenvalue weighted by Crippen LogP contribution is -2.13. The number of thiophene rings is 1. The topological polar surface area (TPSA) is 109 Å². The molecule has 2 aromatic carbocycles. The lowest BCUT2D eigenvalue weighted by molar-refractivity contribution is 0.0976. The van der Waals surface area contributed by atoms with Gasteiger partial charge in [-0.05, 0) is 54.1 Å². The van der Waals surface area contributed by atoms with Crippen molar-refractivity contribution in [1.29, 1.82) is 0 Å². The first kappa shape index (κ1) is 22.9. The van der Waals surface area contributed by atoms with Crippen LogP contribution < -0.4 is 11.1 Å². The molecule has 1 heterocycles. The highest BCUT2D eigenvalue weighted by Crippen LogP contribution is 2.31. The van der Waals surface area contributed by atoms with E-state index in [9.17, 15) is 19.0 Å². The van der Waals surface area contributed by atoms with Crippen molar-refractivity contribution in [2.45, 2.75) is 31.8 Å². The van der Waals surface area contributed by atoms with Crippen molar-refractivity contribution >= 4 is 42.4 Å². The molecule has 0 aliphatic carbocycles. The Labute approximate surface area is 186 Å². The number of Topliss-reactive ketones (excluding diaryl/α,β-unsaturated/α-hetero) is 1. The fourth-order valence-corrected chi connectivity index (χ4v) is 4.68. The summed E-state index contributed by atoms with van der Waals surface area (Å²) in [5.74, 6) is -0.430. The second-order valence-corrected chi connectivity index (χ2v) is 9.66. The number of hydrogen-bond acceptors (Lipinski definition) is 5. The Bertz CT molecular complexity index is 1080. The van der Waals surface area contributed by atoms with Gasteiger partial charge in [0.25, 0.3) is 5.91 Å². The van der Waals surface area contributed by atoms with Gasteiger partial charge in [-0.1, -0.05) is 31.2 Å². The van der Waals surface area contributed by atoms with Crippen molar-refractivity contribution in [3.63, 3.8) is 0 Å². The highest BCUT2D eigenvalue weighted by atomic mass is 32.1. The fourth-order valence-electron chi connectivity index (χ4n) is 3.21. The maximum atomic E-state index is 12.7. The van der Waals surface area contributed by atoms with E-state index in [2.05, 4.69) is 5.32 Å². The largest absolute Gasteiger partial charge is 0.397 e. The van der Waals surface area contributed by atoms with Gasteiger partial charge in [-0.2, -0.15) is 0 Å². The van der Waals surface area contributed by atoms with Gasteiger partial charge in [-0.3, -0.25) is 14.2 Å². The van der Waals surface area contributed by atoms with E-state index >= 15 is 0 Å². The third kappa shape index (κ3) is 5.91. The molecule has 2 atom stereocenters. The summed E-state index contributed by atoms with van der Waals surface area (Å²) in [5.41, 5.74) is 8.54. The number of carbonyl (C=O) groups is 2. The van der Waals surface area contributed by atoms with Crippen molar-refractivity contribution in [1.82, 2.24) is 0 Å². The maximum Gasteiger partial charge on any atom is 0.255 e. The average molecular weight is 457 g/mol. The smallest absolute Gasteiger partial charge is 0.255 e. The molecule has 0 bridgehead atoms. The molecule has 162 valence electrons. The van der Waals surface area contributed by atoms with E-state index in [1.807, 2.05) is 36.6 Å². The number of rotatable bonds is 9. The Balaban J connectivity index is 1.66. The van der Waals surface area contributed by atoms with Gasteiger partial charge in [0.05, 0.1) is 11.4 Å². The molecule has 6 nitrogen and oxygen atoms in total. The third-order valence-electron chi connectivity index (χ3n) is 5.14. The Morgan fingerprint density at radius 2 is 1.84 bits per heavy atom. The van der Waals surface area contributed by atoms with Gasteiger partial charge in [0, 0.05) is 28.1 Å². The highest BCUT2D eigenvalue weighted by molar-refractivity contribution is 7.38. The Kier molecular flexibility index (Phi) is 7.80. The lowest BCUT2D eigenvalue weighted by atomic mass is 10.0. The number of anilines is 2. The van der Waals surface area contributed by atoms with Crippen molar-refractivity contribution in [3.05, 3.63) is 71.1 Å². The van der Waals surface area contributed by atoms with Crippen LogP contribution in [-0.2, 0) is 4.57 Å². The number of carbonyl (C=O) groups excluding carboxylic acids is 2. The van der Waals surface area contributed by atoms with Crippen molar-refractivity contribution in [2.75, 3.05) is 11.1 Å². The fraction of sp³-hybridized carbons (Fsp3) is 0.217. The molecule has 4 N–H and O–H groups in total. The normalized spacial score (nSPS) is 12.8. The van der Waals surface area contributed by atoms with Crippen molar-refractivity contribution in [2.24, 2.45) is 0 Å². The van der Waals surface area contributed by atoms with E-state index in [4.69, 9.17) is 5.73 Å². The van der Waals surface area contributed by atoms with E-state index in [1.165, 1.54) is 0 Å². The van der Waals surface area contributed by atoms with Gasteiger partial charge in [0.1, 0.15) is 0 Å². The minimum Gasteiger partial charge on any atom is -0.397 e. The number of benzene rings is 2. The first-order chi connectivity index (χ1) is 14.9. The first-order valence-electron chi connectivity index (χ1n) is 10.00. The van der Waals surface area contributed by atoms with Gasteiger partial charge in [-0.15, -0.1) is 11.3 Å². The molecule has 1 aromatic heterocycles. The quantitative estimate of drug-likeness (QED) is 0.225. The number of hydrogen-bond donors (Lipinski definition) is 3. The van der Waals surface area contributed by atoms with Gasteiger partial charge < -0.3 is 15.9 Å². The van der Waals surface area contributed by atoms with Gasteiger partial charge in [0.15, 0.2) is 13.8 Å². The van der Waals surface area contributed by atoms with Crippen LogP contribution in [0, 0.1) is 0 Å². The average Bonchev–Trinajstić information content (AvgIpc) is 3.30. The molecule has 0 saturated heterocycles. The van der Waals surface area contributed by atoms with Crippen LogP contribution in [0.2, 0.25) is 0 Å². The van der Waals surface area contributed by atoms with Crippen molar-refractivity contribution in [3.8, 4) is 10.4 Å². The standard InChI is InChI=1S/C23H25N2O4PS/c1-2-18(30(28)29)10-12-21(26)15-5-7-16(8-6-15)23(27)25-20-14-17(9-11-19(20)24)22-4-3-13-31-22/h3-9,11,13-14,18,30H,2,10,12,24H2,1H3,(H,25,27)(H,28,29). The van der Waals surface area contributed by atoms with E-state index in [0.29, 0.717) is 35.3 Å². The Morgan fingerprint density at radius 3 is 2.45 bits per heavy atom. The number of amides is 1. The van der Waals surface area contributed by atoms with Crippen LogP contribution in [0.1, 0.15) is 46.9 Å². The second-order valence-electron chi connectivity index (χ2n) is 7.22. The zero-order valence-electron chi connectivity index (χ0n) is 17.1. The van der Waals surface area contributed by atoms with E-state index in [1.54, 1.807) is 41.7 Å². The van der Waals surface area contributed by atoms with Crippen LogP contribution in [-0.4, -0.2) is 22.2 Å². The van der Waals surface area contributed by atoms with Crippen LogP contribution in [0.4, 0.5) is 11.4 Å². The van der Waals surface area contributed by atoms with Crippen LogP contribution >= 0.6 is 19.4 Å². The number of nitrogen functional groups attached to an aromatic ring is 1. The summed E-state index contributed by atoms with van der Waals surface area (Å²) in [5, 5.41) is 4.82. The molecule has 0 aliphatic heterocycles. The molecule has 8 heteroatoms. The number of nitrogens with one attached hydrogen (secondary N) is 1. The molecule has 31 heavy (non-hydrogen) atoms. The van der Waals surface area contributed by atoms with Crippen LogP contribution in [0.25, 0.3) is 10.4 Å². The first-order valence-corrected chi connectivity index (χ1v) is 12.3. The van der Waals surface area contributed by atoms with E-state index in [-0.39, 0.29) is 23.8 Å².